The Morgan fingerprint density at radius 2 is 2.56 bits per heavy atom. The predicted molar refractivity (Wildman–Crippen MR) is 27.6 cm³/mol. The molecule has 1 rings (SSSR count). The fraction of sp³-hybridized carbons (Fsp3) is 0.333. The summed E-state index contributed by atoms with van der Waals surface area (Å²) in [6, 6.07) is 0. The van der Waals surface area contributed by atoms with E-state index in [9.17, 15) is 4.79 Å². The van der Waals surface area contributed by atoms with Gasteiger partial charge in [-0.1, -0.05) is 0 Å². The quantitative estimate of drug-likeness (QED) is 0.484. The minimum Gasteiger partial charge on any atom is -0.352 e. The molecule has 1 amide bonds. The number of carbonyl (C=O) groups excluding carboxylic acids is 1. The third-order valence-electron chi connectivity index (χ3n) is 0.787. The summed E-state index contributed by atoms with van der Waals surface area (Å²) in [4.78, 5) is 10.6. The molecule has 0 bridgehead atoms. The zero-order chi connectivity index (χ0) is 6.69. The lowest BCUT2D eigenvalue weighted by Gasteiger charge is -1.87. The summed E-state index contributed by atoms with van der Waals surface area (Å²) >= 11 is 0. The van der Waals surface area contributed by atoms with Crippen molar-refractivity contribution in [1.29, 1.82) is 0 Å². The molecule has 0 aliphatic carbocycles. The summed E-state index contributed by atoms with van der Waals surface area (Å²) in [6.45, 7) is 0. The first-order valence-electron chi connectivity index (χ1n) is 2.30. The van der Waals surface area contributed by atoms with Crippen molar-refractivity contribution in [1.82, 2.24) is 25.9 Å². The van der Waals surface area contributed by atoms with Crippen molar-refractivity contribution in [3.8, 4) is 0 Å². The van der Waals surface area contributed by atoms with E-state index in [1.54, 1.807) is 0 Å². The summed E-state index contributed by atoms with van der Waals surface area (Å²) in [5, 5.41) is 14.4. The van der Waals surface area contributed by atoms with E-state index in [-0.39, 0.29) is 11.7 Å². The van der Waals surface area contributed by atoms with Crippen LogP contribution in [-0.2, 0) is 0 Å². The fourth-order valence-electron chi connectivity index (χ4n) is 0.374. The van der Waals surface area contributed by atoms with Gasteiger partial charge in [-0.25, -0.2) is 5.10 Å². The van der Waals surface area contributed by atoms with Crippen LogP contribution in [0, 0.1) is 0 Å². The van der Waals surface area contributed by atoms with Crippen LogP contribution >= 0.6 is 0 Å². The summed E-state index contributed by atoms with van der Waals surface area (Å²) in [6.07, 6.45) is 0. The van der Waals surface area contributed by atoms with Crippen LogP contribution in [-0.4, -0.2) is 33.6 Å². The van der Waals surface area contributed by atoms with Gasteiger partial charge in [0.1, 0.15) is 0 Å². The number of carbonyl (C=O) groups is 1. The molecule has 0 spiro atoms. The van der Waals surface area contributed by atoms with Gasteiger partial charge in [0, 0.05) is 7.05 Å². The van der Waals surface area contributed by atoms with Crippen molar-refractivity contribution < 1.29 is 4.79 Å². The predicted octanol–water partition coefficient (Wildman–Crippen LogP) is -1.44. The molecule has 1 aromatic heterocycles. The average Bonchev–Trinajstić information content (AvgIpc) is 2.37. The molecule has 9 heavy (non-hydrogen) atoms. The molecule has 0 atom stereocenters. The molecular formula is C3H5N5O. The molecule has 0 saturated carbocycles. The summed E-state index contributed by atoms with van der Waals surface area (Å²) in [5.74, 6) is -0.197. The highest BCUT2D eigenvalue weighted by Gasteiger charge is 2.04. The second kappa shape index (κ2) is 2.21. The van der Waals surface area contributed by atoms with E-state index in [4.69, 9.17) is 0 Å². The Labute approximate surface area is 50.6 Å². The van der Waals surface area contributed by atoms with Crippen molar-refractivity contribution >= 4 is 5.91 Å². The SMILES string of the molecule is CNC(=O)c1nnn[nH]1. The first kappa shape index (κ1) is 5.67. The number of aromatic amines is 1. The van der Waals surface area contributed by atoms with E-state index >= 15 is 0 Å². The van der Waals surface area contributed by atoms with Gasteiger partial charge in [0.25, 0.3) is 5.91 Å². The number of aromatic nitrogens is 4. The number of hydrogen-bond acceptors (Lipinski definition) is 4. The Balaban J connectivity index is 2.77. The number of tetrazole rings is 1. The molecule has 0 fully saturated rings. The summed E-state index contributed by atoms with van der Waals surface area (Å²) < 4.78 is 0. The van der Waals surface area contributed by atoms with Crippen LogP contribution in [0.2, 0.25) is 0 Å². The van der Waals surface area contributed by atoms with Crippen molar-refractivity contribution in [2.24, 2.45) is 0 Å². The molecule has 48 valence electrons. The lowest BCUT2D eigenvalue weighted by Crippen LogP contribution is -2.19. The first-order valence-corrected chi connectivity index (χ1v) is 2.30. The number of rotatable bonds is 1. The highest BCUT2D eigenvalue weighted by atomic mass is 16.2. The Morgan fingerprint density at radius 1 is 1.78 bits per heavy atom. The van der Waals surface area contributed by atoms with Crippen molar-refractivity contribution in [3.05, 3.63) is 5.82 Å². The van der Waals surface area contributed by atoms with Crippen LogP contribution < -0.4 is 5.32 Å². The minimum absolute atomic E-state index is 0.123. The minimum atomic E-state index is -0.319. The highest BCUT2D eigenvalue weighted by Crippen LogP contribution is 1.78. The molecule has 6 nitrogen and oxygen atoms in total. The van der Waals surface area contributed by atoms with Crippen molar-refractivity contribution in [3.63, 3.8) is 0 Å². The molecule has 0 aliphatic rings. The number of amides is 1. The number of nitrogens with one attached hydrogen (secondary N) is 2. The van der Waals surface area contributed by atoms with Crippen LogP contribution in [0.25, 0.3) is 0 Å². The highest BCUT2D eigenvalue weighted by molar-refractivity contribution is 5.89. The molecule has 2 N–H and O–H groups in total. The maximum atomic E-state index is 10.6. The second-order valence-electron chi connectivity index (χ2n) is 1.33. The Morgan fingerprint density at radius 3 is 3.00 bits per heavy atom. The first-order chi connectivity index (χ1) is 4.34. The van der Waals surface area contributed by atoms with Crippen LogP contribution in [0.15, 0.2) is 0 Å². The molecule has 0 aliphatic heterocycles. The van der Waals surface area contributed by atoms with Gasteiger partial charge in [0.15, 0.2) is 0 Å². The number of nitrogens with zero attached hydrogens (tertiary/aromatic N) is 3. The summed E-state index contributed by atoms with van der Waals surface area (Å²) in [5.41, 5.74) is 0. The lowest BCUT2D eigenvalue weighted by atomic mass is 10.6. The molecule has 1 aromatic rings. The largest absolute Gasteiger partial charge is 0.352 e. The van der Waals surface area contributed by atoms with E-state index in [0.29, 0.717) is 0 Å². The van der Waals surface area contributed by atoms with E-state index in [0.717, 1.165) is 0 Å². The van der Waals surface area contributed by atoms with Gasteiger partial charge < -0.3 is 5.32 Å². The van der Waals surface area contributed by atoms with Gasteiger partial charge in [-0.3, -0.25) is 4.79 Å². The van der Waals surface area contributed by atoms with Gasteiger partial charge in [-0.15, -0.1) is 5.10 Å². The standard InChI is InChI=1S/C3H5N5O/c1-4-3(9)2-5-7-8-6-2/h1H3,(H,4,9)(H,5,6,7,8). The average molecular weight is 127 g/mol. The zero-order valence-electron chi connectivity index (χ0n) is 4.75. The molecule has 0 aromatic carbocycles. The van der Waals surface area contributed by atoms with Crippen LogP contribution in [0.4, 0.5) is 0 Å². The maximum absolute atomic E-state index is 10.6. The van der Waals surface area contributed by atoms with E-state index in [1.165, 1.54) is 7.05 Å². The van der Waals surface area contributed by atoms with Gasteiger partial charge in [0.2, 0.25) is 5.82 Å². The van der Waals surface area contributed by atoms with Crippen LogP contribution in [0.5, 0.6) is 0 Å². The number of H-pyrrole nitrogens is 1. The molecule has 6 heteroatoms. The number of hydrogen-bond donors (Lipinski definition) is 2. The molecule has 0 unspecified atom stereocenters. The van der Waals surface area contributed by atoms with Gasteiger partial charge in [-0.2, -0.15) is 0 Å². The van der Waals surface area contributed by atoms with Crippen molar-refractivity contribution in [2.75, 3.05) is 7.05 Å². The maximum Gasteiger partial charge on any atom is 0.290 e. The fourth-order valence-corrected chi connectivity index (χ4v) is 0.374. The summed E-state index contributed by atoms with van der Waals surface area (Å²) in [7, 11) is 1.50. The molecule has 1 heterocycles. The zero-order valence-corrected chi connectivity index (χ0v) is 4.75. The molecular weight excluding hydrogens is 122 g/mol. The van der Waals surface area contributed by atoms with Gasteiger partial charge >= 0.3 is 0 Å². The second-order valence-corrected chi connectivity index (χ2v) is 1.33. The third-order valence-corrected chi connectivity index (χ3v) is 0.787. The Hall–Kier alpha value is -1.46. The van der Waals surface area contributed by atoms with Crippen molar-refractivity contribution in [2.45, 2.75) is 0 Å². The Bertz CT molecular complexity index is 192. The van der Waals surface area contributed by atoms with Crippen LogP contribution in [0.3, 0.4) is 0 Å². The van der Waals surface area contributed by atoms with Crippen LogP contribution in [0.1, 0.15) is 10.6 Å². The van der Waals surface area contributed by atoms with E-state index < -0.39 is 0 Å². The van der Waals surface area contributed by atoms with Gasteiger partial charge in [-0.05, 0) is 10.4 Å². The van der Waals surface area contributed by atoms with Gasteiger partial charge in [0.05, 0.1) is 0 Å². The smallest absolute Gasteiger partial charge is 0.290 e. The Kier molecular flexibility index (Phi) is 1.39. The normalized spacial score (nSPS) is 9.00. The molecule has 0 radical (unpaired) electrons. The third kappa shape index (κ3) is 1.01. The van der Waals surface area contributed by atoms with E-state index in [2.05, 4.69) is 25.9 Å². The van der Waals surface area contributed by atoms with E-state index in [1.807, 2.05) is 0 Å². The molecule has 0 saturated heterocycles. The topological polar surface area (TPSA) is 83.6 Å². The lowest BCUT2D eigenvalue weighted by molar-refractivity contribution is 0.0953. The monoisotopic (exact) mass is 127 g/mol.